The number of aromatic nitrogens is 2. The van der Waals surface area contributed by atoms with Gasteiger partial charge in [0.15, 0.2) is 5.75 Å². The van der Waals surface area contributed by atoms with Crippen LogP contribution in [0.4, 0.5) is 4.39 Å². The van der Waals surface area contributed by atoms with Gasteiger partial charge in [0.2, 0.25) is 0 Å². The smallest absolute Gasteiger partial charge is 0.269 e. The minimum absolute atomic E-state index is 0.0118. The first-order valence-corrected chi connectivity index (χ1v) is 10.9. The van der Waals surface area contributed by atoms with E-state index < -0.39 is 22.4 Å². The van der Waals surface area contributed by atoms with Crippen molar-refractivity contribution in [1.82, 2.24) is 8.96 Å². The molecule has 1 aliphatic carbocycles. The van der Waals surface area contributed by atoms with Crippen molar-refractivity contribution in [2.24, 2.45) is 5.92 Å². The van der Waals surface area contributed by atoms with Crippen molar-refractivity contribution >= 4 is 10.0 Å². The number of pyridine rings is 1. The van der Waals surface area contributed by atoms with Gasteiger partial charge in [-0.2, -0.15) is 0 Å². The maximum Gasteiger partial charge on any atom is 0.269 e. The Hall–Kier alpha value is -2.91. The van der Waals surface area contributed by atoms with E-state index in [1.807, 2.05) is 0 Å². The standard InChI is InChI=1S/C21H21FN2O5S/c1-28-21-15(12-25)11-24(30(26,27)17-3-2-8-23-10-17)20(21)18-7-6-16(9-19(18)22)29-13-14-4-5-14/h2-3,6-11,14,25H,4-5,12-13H2,1H3. The summed E-state index contributed by atoms with van der Waals surface area (Å²) < 4.78 is 53.4. The predicted octanol–water partition coefficient (Wildman–Crippen LogP) is 3.22. The Balaban J connectivity index is 1.83. The minimum atomic E-state index is -4.11. The second-order valence-corrected chi connectivity index (χ2v) is 8.89. The summed E-state index contributed by atoms with van der Waals surface area (Å²) in [5.74, 6) is 0.307. The molecule has 0 saturated heterocycles. The van der Waals surface area contributed by atoms with Crippen LogP contribution >= 0.6 is 0 Å². The van der Waals surface area contributed by atoms with Gasteiger partial charge in [0, 0.05) is 35.8 Å². The lowest BCUT2D eigenvalue weighted by Crippen LogP contribution is -2.14. The van der Waals surface area contributed by atoms with E-state index in [0.717, 1.165) is 16.8 Å². The second kappa shape index (κ2) is 8.08. The van der Waals surface area contributed by atoms with Crippen molar-refractivity contribution < 1.29 is 27.4 Å². The number of ether oxygens (including phenoxy) is 2. The zero-order valence-electron chi connectivity index (χ0n) is 16.3. The van der Waals surface area contributed by atoms with E-state index in [0.29, 0.717) is 18.3 Å². The third-order valence-corrected chi connectivity index (χ3v) is 6.59. The monoisotopic (exact) mass is 432 g/mol. The van der Waals surface area contributed by atoms with Crippen molar-refractivity contribution in [3.63, 3.8) is 0 Å². The van der Waals surface area contributed by atoms with Gasteiger partial charge in [-0.25, -0.2) is 16.8 Å². The zero-order chi connectivity index (χ0) is 21.3. The molecular weight excluding hydrogens is 411 g/mol. The quantitative estimate of drug-likeness (QED) is 0.588. The van der Waals surface area contributed by atoms with Gasteiger partial charge in [-0.3, -0.25) is 4.98 Å². The molecule has 2 heterocycles. The van der Waals surface area contributed by atoms with Crippen LogP contribution in [-0.4, -0.2) is 36.2 Å². The maximum atomic E-state index is 15.1. The highest BCUT2D eigenvalue weighted by molar-refractivity contribution is 7.90. The normalized spacial score (nSPS) is 14.0. The molecule has 0 bridgehead atoms. The SMILES string of the molecule is COc1c(CO)cn(S(=O)(=O)c2cccnc2)c1-c1ccc(OCC2CC2)cc1F. The molecule has 0 spiro atoms. The Morgan fingerprint density at radius 2 is 2.10 bits per heavy atom. The highest BCUT2D eigenvalue weighted by atomic mass is 32.2. The van der Waals surface area contributed by atoms with Crippen LogP contribution in [-0.2, 0) is 16.6 Å². The zero-order valence-corrected chi connectivity index (χ0v) is 17.1. The van der Waals surface area contributed by atoms with E-state index >= 15 is 4.39 Å². The molecule has 1 saturated carbocycles. The molecule has 158 valence electrons. The molecule has 0 atom stereocenters. The Labute approximate surface area is 173 Å². The van der Waals surface area contributed by atoms with Crippen LogP contribution in [0.1, 0.15) is 18.4 Å². The average molecular weight is 432 g/mol. The van der Waals surface area contributed by atoms with Crippen LogP contribution in [0.3, 0.4) is 0 Å². The molecule has 3 aromatic rings. The number of rotatable bonds is 8. The maximum absolute atomic E-state index is 15.1. The van der Waals surface area contributed by atoms with Crippen LogP contribution in [0.5, 0.6) is 11.5 Å². The van der Waals surface area contributed by atoms with E-state index in [4.69, 9.17) is 9.47 Å². The Bertz CT molecular complexity index is 1160. The van der Waals surface area contributed by atoms with Gasteiger partial charge in [0.25, 0.3) is 10.0 Å². The van der Waals surface area contributed by atoms with E-state index in [2.05, 4.69) is 4.98 Å². The molecule has 9 heteroatoms. The van der Waals surface area contributed by atoms with Gasteiger partial charge in [-0.15, -0.1) is 0 Å². The number of benzene rings is 1. The fourth-order valence-electron chi connectivity index (χ4n) is 3.18. The van der Waals surface area contributed by atoms with Gasteiger partial charge >= 0.3 is 0 Å². The predicted molar refractivity (Wildman–Crippen MR) is 107 cm³/mol. The van der Waals surface area contributed by atoms with E-state index in [1.54, 1.807) is 6.07 Å². The van der Waals surface area contributed by atoms with Crippen molar-refractivity contribution in [3.05, 3.63) is 60.3 Å². The van der Waals surface area contributed by atoms with Crippen LogP contribution in [0.15, 0.2) is 53.8 Å². The van der Waals surface area contributed by atoms with Gasteiger partial charge < -0.3 is 14.6 Å². The molecule has 30 heavy (non-hydrogen) atoms. The van der Waals surface area contributed by atoms with Crippen molar-refractivity contribution in [2.75, 3.05) is 13.7 Å². The van der Waals surface area contributed by atoms with Crippen LogP contribution in [0, 0.1) is 11.7 Å². The number of nitrogens with zero attached hydrogens (tertiary/aromatic N) is 2. The first-order chi connectivity index (χ1) is 14.5. The summed E-state index contributed by atoms with van der Waals surface area (Å²) in [6.45, 7) is 0.0540. The topological polar surface area (TPSA) is 90.7 Å². The molecule has 1 N–H and O–H groups in total. The third-order valence-electron chi connectivity index (χ3n) is 4.94. The molecule has 0 amide bonds. The molecule has 0 radical (unpaired) electrons. The number of hydrogen-bond donors (Lipinski definition) is 1. The summed E-state index contributed by atoms with van der Waals surface area (Å²) in [7, 11) is -2.78. The second-order valence-electron chi connectivity index (χ2n) is 7.08. The Kier molecular flexibility index (Phi) is 5.48. The summed E-state index contributed by atoms with van der Waals surface area (Å²) in [4.78, 5) is 3.78. The lowest BCUT2D eigenvalue weighted by Gasteiger charge is -2.14. The molecule has 1 aliphatic rings. The number of aliphatic hydroxyl groups is 1. The fourth-order valence-corrected chi connectivity index (χ4v) is 4.54. The van der Waals surface area contributed by atoms with E-state index in [1.165, 1.54) is 50.0 Å². The largest absolute Gasteiger partial charge is 0.494 e. The Morgan fingerprint density at radius 1 is 1.30 bits per heavy atom. The first-order valence-electron chi connectivity index (χ1n) is 9.43. The number of methoxy groups -OCH3 is 1. The van der Waals surface area contributed by atoms with Crippen molar-refractivity contribution in [1.29, 1.82) is 0 Å². The van der Waals surface area contributed by atoms with Gasteiger partial charge in [-0.1, -0.05) is 0 Å². The number of hydrogen-bond acceptors (Lipinski definition) is 6. The summed E-state index contributed by atoms with van der Waals surface area (Å²) in [5.41, 5.74) is 0.211. The average Bonchev–Trinajstić information content (AvgIpc) is 3.51. The number of halogens is 1. The van der Waals surface area contributed by atoms with Crippen LogP contribution in [0.25, 0.3) is 11.3 Å². The van der Waals surface area contributed by atoms with Crippen LogP contribution < -0.4 is 9.47 Å². The molecule has 1 fully saturated rings. The van der Waals surface area contributed by atoms with Crippen LogP contribution in [0.2, 0.25) is 0 Å². The van der Waals surface area contributed by atoms with Crippen molar-refractivity contribution in [2.45, 2.75) is 24.3 Å². The fraction of sp³-hybridized carbons (Fsp3) is 0.286. The molecule has 2 aromatic heterocycles. The minimum Gasteiger partial charge on any atom is -0.494 e. The number of aliphatic hydroxyl groups excluding tert-OH is 1. The Morgan fingerprint density at radius 3 is 2.70 bits per heavy atom. The highest BCUT2D eigenvalue weighted by Crippen LogP contribution is 2.40. The van der Waals surface area contributed by atoms with Gasteiger partial charge in [0.1, 0.15) is 22.2 Å². The molecule has 7 nitrogen and oxygen atoms in total. The highest BCUT2D eigenvalue weighted by Gasteiger charge is 2.29. The summed E-state index contributed by atoms with van der Waals surface area (Å²) in [6, 6.07) is 7.15. The van der Waals surface area contributed by atoms with Gasteiger partial charge in [0.05, 0.1) is 20.3 Å². The molecular formula is C21H21FN2O5S. The molecule has 0 unspecified atom stereocenters. The summed E-state index contributed by atoms with van der Waals surface area (Å²) in [6.07, 6.45) is 6.11. The van der Waals surface area contributed by atoms with Gasteiger partial charge in [-0.05, 0) is 43.0 Å². The molecule has 4 rings (SSSR count). The summed E-state index contributed by atoms with van der Waals surface area (Å²) in [5, 5.41) is 9.70. The summed E-state index contributed by atoms with van der Waals surface area (Å²) >= 11 is 0. The van der Waals surface area contributed by atoms with Crippen molar-refractivity contribution in [3.8, 4) is 22.8 Å². The third kappa shape index (κ3) is 3.78. The molecule has 1 aromatic carbocycles. The van der Waals surface area contributed by atoms with E-state index in [9.17, 15) is 13.5 Å². The lowest BCUT2D eigenvalue weighted by molar-refractivity contribution is 0.274. The molecule has 0 aliphatic heterocycles. The van der Waals surface area contributed by atoms with E-state index in [-0.39, 0.29) is 27.5 Å². The lowest BCUT2D eigenvalue weighted by atomic mass is 10.1. The first kappa shape index (κ1) is 20.4.